The number of hydrogen-bond acceptors (Lipinski definition) is 5. The van der Waals surface area contributed by atoms with Crippen molar-refractivity contribution < 1.29 is 27.2 Å². The lowest BCUT2D eigenvalue weighted by Crippen LogP contribution is -2.79. The predicted octanol–water partition coefficient (Wildman–Crippen LogP) is 1.92. The molecule has 2 aromatic heterocycles. The van der Waals surface area contributed by atoms with Gasteiger partial charge >= 0.3 is 5.91 Å². The summed E-state index contributed by atoms with van der Waals surface area (Å²) in [6, 6.07) is 20.3. The zero-order chi connectivity index (χ0) is 22.3. The van der Waals surface area contributed by atoms with Crippen LogP contribution in [0.25, 0.3) is 43.7 Å². The lowest BCUT2D eigenvalue weighted by Gasteiger charge is -2.16. The average Bonchev–Trinajstić information content (AvgIpc) is 2.69. The first-order valence-electron chi connectivity index (χ1n) is 9.47. The number of carbonyl (C=O) groups excluding carboxylic acids is 1. The van der Waals surface area contributed by atoms with Crippen LogP contribution in [0.15, 0.2) is 65.1 Å². The van der Waals surface area contributed by atoms with Gasteiger partial charge in [0.15, 0.2) is 0 Å². The molecule has 158 valence electrons. The molecule has 0 saturated heterocycles. The molecule has 1 N–H and O–H groups in total. The van der Waals surface area contributed by atoms with E-state index in [0.717, 1.165) is 49.1 Å². The van der Waals surface area contributed by atoms with Crippen LogP contribution in [-0.4, -0.2) is 29.7 Å². The number of aryl methyl sites for hydroxylation is 1. The van der Waals surface area contributed by atoms with Crippen LogP contribution in [0, 0.1) is 0 Å². The van der Waals surface area contributed by atoms with Crippen molar-refractivity contribution in [1.82, 2.24) is 4.57 Å². The molecule has 2 heterocycles. The van der Waals surface area contributed by atoms with Gasteiger partial charge in [0.05, 0.1) is 28.1 Å². The van der Waals surface area contributed by atoms with E-state index in [1.165, 1.54) is 6.92 Å². The second kappa shape index (κ2) is 7.64. The van der Waals surface area contributed by atoms with E-state index in [1.54, 1.807) is 0 Å². The quantitative estimate of drug-likeness (QED) is 0.227. The number of nitrogens with zero attached hydrogens (tertiary/aromatic N) is 1. The Morgan fingerprint density at radius 1 is 0.968 bits per heavy atom. The second-order valence-electron chi connectivity index (χ2n) is 7.30. The number of amides is 1. The van der Waals surface area contributed by atoms with Gasteiger partial charge in [-0.1, -0.05) is 24.3 Å². The van der Waals surface area contributed by atoms with E-state index in [2.05, 4.69) is 34.8 Å². The number of nitrogens with one attached hydrogen (secondary N) is 1. The molecular formula is C23H20N2O5S. The first kappa shape index (κ1) is 20.8. The molecule has 0 saturated carbocycles. The smallest absolute Gasteiger partial charge is 0.382 e. The zero-order valence-electron chi connectivity index (χ0n) is 17.2. The molecule has 0 spiro atoms. The summed E-state index contributed by atoms with van der Waals surface area (Å²) >= 11 is 0. The highest BCUT2D eigenvalue weighted by Gasteiger charge is 2.15. The maximum Gasteiger partial charge on any atom is 0.382 e. The summed E-state index contributed by atoms with van der Waals surface area (Å²) in [7, 11) is -1.85. The number of fused-ring (bicyclic) bond motifs is 4. The van der Waals surface area contributed by atoms with E-state index in [4.69, 9.17) is 17.4 Å². The minimum absolute atomic E-state index is 0.0739. The van der Waals surface area contributed by atoms with Gasteiger partial charge in [-0.15, -0.1) is 0 Å². The second-order valence-corrected chi connectivity index (χ2v) is 8.71. The van der Waals surface area contributed by atoms with Gasteiger partial charge in [0, 0.05) is 41.6 Å². The maximum atomic E-state index is 11.5. The monoisotopic (exact) mass is 436 g/mol. The Balaban J connectivity index is 0.000000418. The summed E-state index contributed by atoms with van der Waals surface area (Å²) in [4.78, 5) is 14.3. The molecule has 7 nitrogen and oxygen atoms in total. The number of rotatable bonds is 0. The third kappa shape index (κ3) is 4.08. The molecule has 0 aliphatic carbocycles. The topological polar surface area (TPSA) is 106 Å². The minimum atomic E-state index is -3.92. The molecule has 5 aromatic rings. The lowest BCUT2D eigenvalue weighted by atomic mass is 10.0. The number of aromatic nitrogens is 1. The van der Waals surface area contributed by atoms with Gasteiger partial charge in [0.2, 0.25) is 5.36 Å². The third-order valence-electron chi connectivity index (χ3n) is 4.93. The zero-order valence-corrected chi connectivity index (χ0v) is 18.0. The molecule has 0 unspecified atom stereocenters. The molecule has 0 fully saturated rings. The van der Waals surface area contributed by atoms with Crippen molar-refractivity contribution in [3.63, 3.8) is 0 Å². The highest BCUT2D eigenvalue weighted by atomic mass is 32.2. The molecule has 0 radical (unpaired) electrons. The van der Waals surface area contributed by atoms with Crippen LogP contribution < -0.4 is 10.3 Å². The fraction of sp³-hybridized carbons (Fsp3) is 0.130. The Morgan fingerprint density at radius 2 is 1.61 bits per heavy atom. The molecule has 0 aliphatic heterocycles. The molecule has 3 aromatic carbocycles. The van der Waals surface area contributed by atoms with Gasteiger partial charge in [-0.25, -0.2) is 13.2 Å². The molecule has 0 atom stereocenters. The maximum absolute atomic E-state index is 11.5. The Morgan fingerprint density at radius 3 is 2.32 bits per heavy atom. The van der Waals surface area contributed by atoms with Crippen molar-refractivity contribution >= 4 is 59.8 Å². The van der Waals surface area contributed by atoms with Crippen molar-refractivity contribution in [2.45, 2.75) is 6.92 Å². The van der Waals surface area contributed by atoms with Gasteiger partial charge in [-0.2, -0.15) is 4.99 Å². The number of benzene rings is 3. The van der Waals surface area contributed by atoms with Crippen LogP contribution in [0.5, 0.6) is 0 Å². The van der Waals surface area contributed by atoms with E-state index in [-0.39, 0.29) is 5.91 Å². The van der Waals surface area contributed by atoms with E-state index >= 15 is 0 Å². The Kier molecular flexibility index (Phi) is 5.12. The van der Waals surface area contributed by atoms with Gasteiger partial charge in [0.25, 0.3) is 0 Å². The predicted molar refractivity (Wildman–Crippen MR) is 118 cm³/mol. The standard InChI is InChI=1S/C22H16N2O2.CH4O3S/c1-13(25)23-14-10-11-15-16-7-5-9-20-21(16)22(24(2)18(15)12-14)17-6-3-4-8-19(17)26-20;1-5(2,3)4/h3-12H,1-2H3;1H3,(H,2,3,4). The molecule has 8 heteroatoms. The summed E-state index contributed by atoms with van der Waals surface area (Å²) < 4.78 is 35.6. The summed E-state index contributed by atoms with van der Waals surface area (Å²) in [5, 5.41) is 5.27. The van der Waals surface area contributed by atoms with E-state index in [1.807, 2.05) is 42.5 Å². The van der Waals surface area contributed by atoms with Crippen LogP contribution in [-0.2, 0) is 22.0 Å². The molecule has 1 amide bonds. The highest BCUT2D eigenvalue weighted by Crippen LogP contribution is 2.36. The van der Waals surface area contributed by atoms with E-state index in [9.17, 15) is 4.79 Å². The minimum Gasteiger partial charge on any atom is -0.748 e. The molecule has 5 rings (SSSR count). The average molecular weight is 436 g/mol. The number of para-hydroxylation sites is 1. The normalized spacial score (nSPS) is 12.5. The number of hydrogen-bond donors (Lipinski definition) is 1. The van der Waals surface area contributed by atoms with Crippen molar-refractivity contribution in [3.8, 4) is 0 Å². The fourth-order valence-corrected chi connectivity index (χ4v) is 3.88. The van der Waals surface area contributed by atoms with Crippen molar-refractivity contribution in [1.29, 1.82) is 0 Å². The third-order valence-corrected chi connectivity index (χ3v) is 4.93. The molecule has 31 heavy (non-hydrogen) atoms. The van der Waals surface area contributed by atoms with Gasteiger partial charge in [-0.3, -0.25) is 0 Å². The summed E-state index contributed by atoms with van der Waals surface area (Å²) in [5.74, 6) is -0.0739. The summed E-state index contributed by atoms with van der Waals surface area (Å²) in [6.45, 7) is 1.52. The first-order valence-corrected chi connectivity index (χ1v) is 11.3. The van der Waals surface area contributed by atoms with Crippen molar-refractivity contribution in [3.05, 3.63) is 66.0 Å². The number of carbonyl (C=O) groups is 1. The van der Waals surface area contributed by atoms with Gasteiger partial charge in [0.1, 0.15) is 11.2 Å². The van der Waals surface area contributed by atoms with Crippen molar-refractivity contribution in [2.24, 2.45) is 7.05 Å². The largest absolute Gasteiger partial charge is 0.748 e. The van der Waals surface area contributed by atoms with E-state index < -0.39 is 10.1 Å². The number of pyridine rings is 1. The van der Waals surface area contributed by atoms with Crippen LogP contribution in [0.3, 0.4) is 0 Å². The molecule has 0 bridgehead atoms. The first-order chi connectivity index (χ1) is 14.6. The van der Waals surface area contributed by atoms with E-state index in [0.29, 0.717) is 6.26 Å². The Bertz CT molecular complexity index is 1650. The molecular weight excluding hydrogens is 416 g/mol. The van der Waals surface area contributed by atoms with Gasteiger partial charge in [-0.05, 0) is 29.7 Å². The highest BCUT2D eigenvalue weighted by molar-refractivity contribution is 7.84. The van der Waals surface area contributed by atoms with Crippen molar-refractivity contribution in [2.75, 3.05) is 6.26 Å². The fourth-order valence-electron chi connectivity index (χ4n) is 3.88. The Hall–Kier alpha value is -3.49. The van der Waals surface area contributed by atoms with Crippen LogP contribution in [0.2, 0.25) is 0 Å². The molecule has 0 aliphatic rings. The summed E-state index contributed by atoms with van der Waals surface area (Å²) in [6.07, 6.45) is 0.604. The van der Waals surface area contributed by atoms with Gasteiger partial charge < -0.3 is 13.5 Å². The SMILES string of the molecule is CC(=O)[NH+]=c1ccc2c3cccc4oc5ccccc5c(c43)n(C)c2c1.CS(=O)(=O)[O-]. The Labute approximate surface area is 178 Å². The lowest BCUT2D eigenvalue weighted by molar-refractivity contribution is -0.414. The van der Waals surface area contributed by atoms with Crippen LogP contribution in [0.4, 0.5) is 0 Å². The summed E-state index contributed by atoms with van der Waals surface area (Å²) in [5.41, 5.74) is 3.93. The van der Waals surface area contributed by atoms with Crippen LogP contribution >= 0.6 is 0 Å². The van der Waals surface area contributed by atoms with Crippen LogP contribution in [0.1, 0.15) is 6.92 Å².